The molecule has 4 nitrogen and oxygen atoms in total. The fourth-order valence-corrected chi connectivity index (χ4v) is 4.20. The Morgan fingerprint density at radius 2 is 1.67 bits per heavy atom. The van der Waals surface area contributed by atoms with Crippen LogP contribution in [-0.4, -0.2) is 28.8 Å². The summed E-state index contributed by atoms with van der Waals surface area (Å²) in [6.45, 7) is 8.41. The van der Waals surface area contributed by atoms with Crippen LogP contribution in [0.25, 0.3) is 0 Å². The fraction of sp³-hybridized carbons (Fsp3) is 0.462. The molecular formula is C26H34N2O2. The number of amides is 2. The first-order chi connectivity index (χ1) is 14.3. The van der Waals surface area contributed by atoms with Gasteiger partial charge in [0.1, 0.15) is 6.04 Å². The number of nitrogens with zero attached hydrogens (tertiary/aromatic N) is 1. The van der Waals surface area contributed by atoms with E-state index in [0.717, 1.165) is 53.5 Å². The van der Waals surface area contributed by atoms with Gasteiger partial charge in [-0.1, -0.05) is 60.9 Å². The van der Waals surface area contributed by atoms with Gasteiger partial charge in [-0.3, -0.25) is 9.59 Å². The molecule has 1 aliphatic rings. The van der Waals surface area contributed by atoms with E-state index < -0.39 is 6.04 Å². The Balaban J connectivity index is 1.82. The number of carbonyl (C=O) groups excluding carboxylic acids is 2. The summed E-state index contributed by atoms with van der Waals surface area (Å²) in [6, 6.07) is 14.0. The molecule has 4 heteroatoms. The van der Waals surface area contributed by atoms with E-state index in [1.165, 1.54) is 0 Å². The number of aryl methyl sites for hydroxylation is 3. The quantitative estimate of drug-likeness (QED) is 0.729. The highest BCUT2D eigenvalue weighted by molar-refractivity contribution is 5.88. The zero-order valence-electron chi connectivity index (χ0n) is 18.7. The van der Waals surface area contributed by atoms with Crippen LogP contribution in [0.15, 0.2) is 42.5 Å². The maximum Gasteiger partial charge on any atom is 0.242 e. The monoisotopic (exact) mass is 406 g/mol. The molecule has 160 valence electrons. The highest BCUT2D eigenvalue weighted by atomic mass is 16.2. The van der Waals surface area contributed by atoms with Gasteiger partial charge in [-0.2, -0.15) is 0 Å². The van der Waals surface area contributed by atoms with Gasteiger partial charge in [0.2, 0.25) is 11.8 Å². The molecule has 0 heterocycles. The number of carbonyl (C=O) groups is 2. The Bertz CT molecular complexity index is 900. The maximum absolute atomic E-state index is 13.4. The van der Waals surface area contributed by atoms with Crippen molar-refractivity contribution in [3.05, 3.63) is 70.3 Å². The average Bonchev–Trinajstić information content (AvgIpc) is 3.22. The summed E-state index contributed by atoms with van der Waals surface area (Å²) in [7, 11) is 0. The summed E-state index contributed by atoms with van der Waals surface area (Å²) >= 11 is 0. The molecule has 0 radical (unpaired) electrons. The van der Waals surface area contributed by atoms with Crippen molar-refractivity contribution in [1.82, 2.24) is 10.2 Å². The number of rotatable bonds is 7. The van der Waals surface area contributed by atoms with Crippen LogP contribution in [0, 0.1) is 20.8 Å². The normalized spacial score (nSPS) is 15.1. The van der Waals surface area contributed by atoms with Crippen molar-refractivity contribution in [2.45, 2.75) is 78.4 Å². The van der Waals surface area contributed by atoms with E-state index in [1.54, 1.807) is 4.90 Å². The molecule has 0 unspecified atom stereocenters. The number of hydrogen-bond donors (Lipinski definition) is 1. The summed E-state index contributed by atoms with van der Waals surface area (Å²) in [4.78, 5) is 28.2. The third kappa shape index (κ3) is 5.50. The van der Waals surface area contributed by atoms with Crippen molar-refractivity contribution < 1.29 is 9.59 Å². The largest absolute Gasteiger partial charge is 0.352 e. The van der Waals surface area contributed by atoms with Crippen LogP contribution < -0.4 is 5.32 Å². The zero-order chi connectivity index (χ0) is 21.7. The highest BCUT2D eigenvalue weighted by Gasteiger charge is 2.29. The second-order valence-electron chi connectivity index (χ2n) is 8.72. The summed E-state index contributed by atoms with van der Waals surface area (Å²) in [5, 5.41) is 3.17. The minimum absolute atomic E-state index is 0.0129. The van der Waals surface area contributed by atoms with Crippen molar-refractivity contribution in [2.24, 2.45) is 0 Å². The summed E-state index contributed by atoms with van der Waals surface area (Å²) in [6.07, 6.45) is 4.70. The number of benzene rings is 2. The van der Waals surface area contributed by atoms with E-state index in [-0.39, 0.29) is 17.9 Å². The zero-order valence-corrected chi connectivity index (χ0v) is 18.7. The standard InChI is InChI=1S/C26H34N2O2/c1-18-13-14-20(3)23(15-18)16-25(29)28(17-22-10-6-5-9-19(22)2)21(4)26(30)27-24-11-7-8-12-24/h5-6,9-10,13-15,21,24H,7-8,11-12,16-17H2,1-4H3,(H,27,30)/t21-/m0/s1. The van der Waals surface area contributed by atoms with Gasteiger partial charge in [-0.15, -0.1) is 0 Å². The molecule has 0 spiro atoms. The smallest absolute Gasteiger partial charge is 0.242 e. The molecule has 1 saturated carbocycles. The van der Waals surface area contributed by atoms with E-state index in [1.807, 2.05) is 52.0 Å². The molecule has 30 heavy (non-hydrogen) atoms. The van der Waals surface area contributed by atoms with E-state index in [0.29, 0.717) is 13.0 Å². The Kier molecular flexibility index (Phi) is 7.30. The van der Waals surface area contributed by atoms with E-state index in [2.05, 4.69) is 23.5 Å². The van der Waals surface area contributed by atoms with Crippen LogP contribution in [0.1, 0.15) is 60.4 Å². The molecule has 1 aliphatic carbocycles. The van der Waals surface area contributed by atoms with Gasteiger partial charge in [-0.05, 0) is 62.8 Å². The third-order valence-electron chi connectivity index (χ3n) is 6.32. The molecule has 0 bridgehead atoms. The van der Waals surface area contributed by atoms with Crippen LogP contribution in [-0.2, 0) is 22.6 Å². The SMILES string of the molecule is Cc1ccc(C)c(CC(=O)N(Cc2ccccc2C)[C@@H](C)C(=O)NC2CCCC2)c1. The predicted molar refractivity (Wildman–Crippen MR) is 121 cm³/mol. The van der Waals surface area contributed by atoms with E-state index >= 15 is 0 Å². The first-order valence-corrected chi connectivity index (χ1v) is 11.1. The second-order valence-corrected chi connectivity index (χ2v) is 8.72. The van der Waals surface area contributed by atoms with Crippen LogP contribution in [0.3, 0.4) is 0 Å². The van der Waals surface area contributed by atoms with Crippen molar-refractivity contribution in [3.63, 3.8) is 0 Å². The van der Waals surface area contributed by atoms with Gasteiger partial charge in [0, 0.05) is 12.6 Å². The maximum atomic E-state index is 13.4. The lowest BCUT2D eigenvalue weighted by Crippen LogP contribution is -2.50. The Labute approximate surface area is 180 Å². The van der Waals surface area contributed by atoms with Crippen LogP contribution in [0.2, 0.25) is 0 Å². The van der Waals surface area contributed by atoms with E-state index in [9.17, 15) is 9.59 Å². The Morgan fingerprint density at radius 1 is 1.00 bits per heavy atom. The van der Waals surface area contributed by atoms with Crippen molar-refractivity contribution in [3.8, 4) is 0 Å². The molecule has 0 saturated heterocycles. The summed E-state index contributed by atoms with van der Waals surface area (Å²) in [5.74, 6) is -0.0641. The molecule has 0 aliphatic heterocycles. The summed E-state index contributed by atoms with van der Waals surface area (Å²) < 4.78 is 0. The molecule has 2 aromatic carbocycles. The fourth-order valence-electron chi connectivity index (χ4n) is 4.20. The molecule has 1 N–H and O–H groups in total. The molecule has 2 aromatic rings. The minimum atomic E-state index is -0.511. The Morgan fingerprint density at radius 3 is 2.37 bits per heavy atom. The molecule has 0 aromatic heterocycles. The van der Waals surface area contributed by atoms with Crippen LogP contribution in [0.5, 0.6) is 0 Å². The lowest BCUT2D eigenvalue weighted by molar-refractivity contribution is -0.140. The molecule has 1 atom stereocenters. The van der Waals surface area contributed by atoms with E-state index in [4.69, 9.17) is 0 Å². The average molecular weight is 407 g/mol. The predicted octanol–water partition coefficient (Wildman–Crippen LogP) is 4.63. The van der Waals surface area contributed by atoms with Gasteiger partial charge in [0.05, 0.1) is 6.42 Å². The minimum Gasteiger partial charge on any atom is -0.352 e. The van der Waals surface area contributed by atoms with Gasteiger partial charge < -0.3 is 10.2 Å². The Hall–Kier alpha value is -2.62. The second kappa shape index (κ2) is 9.92. The molecule has 1 fully saturated rings. The van der Waals surface area contributed by atoms with Gasteiger partial charge >= 0.3 is 0 Å². The van der Waals surface area contributed by atoms with Gasteiger partial charge in [0.15, 0.2) is 0 Å². The van der Waals surface area contributed by atoms with Crippen molar-refractivity contribution in [1.29, 1.82) is 0 Å². The van der Waals surface area contributed by atoms with Crippen LogP contribution >= 0.6 is 0 Å². The number of hydrogen-bond acceptors (Lipinski definition) is 2. The van der Waals surface area contributed by atoms with Crippen molar-refractivity contribution >= 4 is 11.8 Å². The lowest BCUT2D eigenvalue weighted by atomic mass is 10.0. The highest BCUT2D eigenvalue weighted by Crippen LogP contribution is 2.20. The van der Waals surface area contributed by atoms with Gasteiger partial charge in [-0.25, -0.2) is 0 Å². The third-order valence-corrected chi connectivity index (χ3v) is 6.32. The first kappa shape index (κ1) is 22.1. The van der Waals surface area contributed by atoms with Gasteiger partial charge in [0.25, 0.3) is 0 Å². The molecule has 3 rings (SSSR count). The summed E-state index contributed by atoms with van der Waals surface area (Å²) in [5.41, 5.74) is 5.48. The lowest BCUT2D eigenvalue weighted by Gasteiger charge is -2.30. The number of nitrogens with one attached hydrogen (secondary N) is 1. The first-order valence-electron chi connectivity index (χ1n) is 11.1. The molecule has 2 amide bonds. The molecular weight excluding hydrogens is 372 g/mol. The van der Waals surface area contributed by atoms with Crippen LogP contribution in [0.4, 0.5) is 0 Å². The van der Waals surface area contributed by atoms with Crippen molar-refractivity contribution in [2.75, 3.05) is 0 Å². The topological polar surface area (TPSA) is 49.4 Å².